The Bertz CT molecular complexity index is 808. The summed E-state index contributed by atoms with van der Waals surface area (Å²) in [5, 5.41) is 5.44. The molecule has 0 saturated carbocycles. The second-order valence-corrected chi connectivity index (χ2v) is 6.40. The number of benzene rings is 2. The van der Waals surface area contributed by atoms with Gasteiger partial charge in [-0.05, 0) is 24.5 Å². The summed E-state index contributed by atoms with van der Waals surface area (Å²) in [4.78, 5) is 38.1. The lowest BCUT2D eigenvalue weighted by Gasteiger charge is -2.22. The molecule has 0 aliphatic carbocycles. The highest BCUT2D eigenvalue weighted by atomic mass is 16.2. The maximum absolute atomic E-state index is 12.7. The quantitative estimate of drug-likeness (QED) is 0.779. The Labute approximate surface area is 152 Å². The summed E-state index contributed by atoms with van der Waals surface area (Å²) in [7, 11) is 0. The Morgan fingerprint density at radius 1 is 1.04 bits per heavy atom. The van der Waals surface area contributed by atoms with Crippen molar-refractivity contribution in [3.8, 4) is 0 Å². The Hall–Kier alpha value is -3.15. The standard InChI is InChI=1S/C20H21N3O3/c1-20(16-10-6-3-7-11-16)18(25)23(19(26)22-20)14-17(24)21-13-12-15-8-4-2-5-9-15/h2-11H,12-14H2,1H3,(H,21,24)(H,22,26). The summed E-state index contributed by atoms with van der Waals surface area (Å²) in [6.45, 7) is 1.81. The van der Waals surface area contributed by atoms with Crippen LogP contribution in [0.25, 0.3) is 0 Å². The van der Waals surface area contributed by atoms with E-state index in [4.69, 9.17) is 0 Å². The van der Waals surface area contributed by atoms with Crippen LogP contribution in [0.1, 0.15) is 18.1 Å². The molecule has 134 valence electrons. The molecule has 0 radical (unpaired) electrons. The molecule has 1 aliphatic heterocycles. The summed E-state index contributed by atoms with van der Waals surface area (Å²) in [6, 6.07) is 18.2. The fourth-order valence-electron chi connectivity index (χ4n) is 3.00. The Kier molecular flexibility index (Phi) is 5.02. The van der Waals surface area contributed by atoms with Gasteiger partial charge in [-0.25, -0.2) is 4.79 Å². The van der Waals surface area contributed by atoms with E-state index in [-0.39, 0.29) is 12.5 Å². The van der Waals surface area contributed by atoms with Crippen molar-refractivity contribution < 1.29 is 14.4 Å². The highest BCUT2D eigenvalue weighted by Crippen LogP contribution is 2.28. The van der Waals surface area contributed by atoms with Crippen LogP contribution >= 0.6 is 0 Å². The fourth-order valence-corrected chi connectivity index (χ4v) is 3.00. The average molecular weight is 351 g/mol. The number of hydrogen-bond donors (Lipinski definition) is 2. The maximum Gasteiger partial charge on any atom is 0.325 e. The lowest BCUT2D eigenvalue weighted by Crippen LogP contribution is -2.43. The predicted molar refractivity (Wildman–Crippen MR) is 97.2 cm³/mol. The molecule has 2 aromatic rings. The third kappa shape index (κ3) is 3.59. The number of amides is 4. The zero-order valence-electron chi connectivity index (χ0n) is 14.6. The summed E-state index contributed by atoms with van der Waals surface area (Å²) in [5.41, 5.74) is 0.646. The molecule has 0 bridgehead atoms. The van der Waals surface area contributed by atoms with Gasteiger partial charge in [-0.3, -0.25) is 14.5 Å². The van der Waals surface area contributed by atoms with E-state index in [1.54, 1.807) is 31.2 Å². The van der Waals surface area contributed by atoms with Gasteiger partial charge in [0.1, 0.15) is 12.1 Å². The number of rotatable bonds is 6. The minimum absolute atomic E-state index is 0.290. The van der Waals surface area contributed by atoms with E-state index in [2.05, 4.69) is 10.6 Å². The van der Waals surface area contributed by atoms with Gasteiger partial charge in [0.05, 0.1) is 0 Å². The van der Waals surface area contributed by atoms with Crippen LogP contribution in [-0.2, 0) is 21.5 Å². The van der Waals surface area contributed by atoms with Gasteiger partial charge in [-0.15, -0.1) is 0 Å². The normalized spacial score (nSPS) is 19.3. The molecule has 26 heavy (non-hydrogen) atoms. The first-order chi connectivity index (χ1) is 12.5. The third-order valence-corrected chi connectivity index (χ3v) is 4.51. The van der Waals surface area contributed by atoms with E-state index in [0.29, 0.717) is 18.5 Å². The van der Waals surface area contributed by atoms with Crippen molar-refractivity contribution in [1.82, 2.24) is 15.5 Å². The van der Waals surface area contributed by atoms with Crippen LogP contribution in [0, 0.1) is 0 Å². The van der Waals surface area contributed by atoms with E-state index in [0.717, 1.165) is 10.5 Å². The molecular weight excluding hydrogens is 330 g/mol. The van der Waals surface area contributed by atoms with Crippen molar-refractivity contribution in [3.05, 3.63) is 71.8 Å². The first-order valence-electron chi connectivity index (χ1n) is 8.51. The Morgan fingerprint density at radius 2 is 1.65 bits per heavy atom. The fraction of sp³-hybridized carbons (Fsp3) is 0.250. The number of urea groups is 1. The first kappa shape index (κ1) is 17.7. The molecule has 1 aliphatic rings. The van der Waals surface area contributed by atoms with Gasteiger partial charge >= 0.3 is 6.03 Å². The second kappa shape index (κ2) is 7.39. The molecule has 6 nitrogen and oxygen atoms in total. The smallest absolute Gasteiger partial charge is 0.325 e. The molecule has 1 unspecified atom stereocenters. The SMILES string of the molecule is CC1(c2ccccc2)NC(=O)N(CC(=O)NCCc2ccccc2)C1=O. The zero-order chi connectivity index (χ0) is 18.6. The number of carbonyl (C=O) groups excluding carboxylic acids is 3. The summed E-state index contributed by atoms with van der Waals surface area (Å²) >= 11 is 0. The summed E-state index contributed by atoms with van der Waals surface area (Å²) in [5.74, 6) is -0.784. The van der Waals surface area contributed by atoms with Crippen molar-refractivity contribution in [2.24, 2.45) is 0 Å². The monoisotopic (exact) mass is 351 g/mol. The molecule has 2 N–H and O–H groups in total. The Balaban J connectivity index is 1.58. The van der Waals surface area contributed by atoms with Gasteiger partial charge in [-0.1, -0.05) is 60.7 Å². The molecule has 3 rings (SSSR count). The van der Waals surface area contributed by atoms with Crippen LogP contribution in [-0.4, -0.2) is 35.8 Å². The van der Waals surface area contributed by atoms with Crippen molar-refractivity contribution in [2.45, 2.75) is 18.9 Å². The van der Waals surface area contributed by atoms with Crippen LogP contribution in [0.2, 0.25) is 0 Å². The highest BCUT2D eigenvalue weighted by molar-refractivity contribution is 6.09. The molecule has 1 atom stereocenters. The molecule has 1 heterocycles. The van der Waals surface area contributed by atoms with Crippen molar-refractivity contribution in [2.75, 3.05) is 13.1 Å². The third-order valence-electron chi connectivity index (χ3n) is 4.51. The van der Waals surface area contributed by atoms with Gasteiger partial charge < -0.3 is 10.6 Å². The topological polar surface area (TPSA) is 78.5 Å². The van der Waals surface area contributed by atoms with Crippen molar-refractivity contribution in [3.63, 3.8) is 0 Å². The van der Waals surface area contributed by atoms with Gasteiger partial charge in [0.2, 0.25) is 5.91 Å². The molecule has 1 fully saturated rings. The van der Waals surface area contributed by atoms with E-state index >= 15 is 0 Å². The number of hydrogen-bond acceptors (Lipinski definition) is 3. The van der Waals surface area contributed by atoms with Gasteiger partial charge in [0.15, 0.2) is 0 Å². The molecule has 4 amide bonds. The number of carbonyl (C=O) groups is 3. The first-order valence-corrected chi connectivity index (χ1v) is 8.51. The van der Waals surface area contributed by atoms with Gasteiger partial charge in [0.25, 0.3) is 5.91 Å². The maximum atomic E-state index is 12.7. The van der Waals surface area contributed by atoms with Crippen LogP contribution in [0.5, 0.6) is 0 Å². The molecule has 6 heteroatoms. The van der Waals surface area contributed by atoms with Crippen molar-refractivity contribution in [1.29, 1.82) is 0 Å². The molecule has 2 aromatic carbocycles. The lowest BCUT2D eigenvalue weighted by atomic mass is 9.92. The van der Waals surface area contributed by atoms with E-state index in [1.807, 2.05) is 36.4 Å². The number of nitrogens with one attached hydrogen (secondary N) is 2. The lowest BCUT2D eigenvalue weighted by molar-refractivity contribution is -0.134. The highest BCUT2D eigenvalue weighted by Gasteiger charge is 2.49. The summed E-state index contributed by atoms with van der Waals surface area (Å²) in [6.07, 6.45) is 0.689. The number of nitrogens with zero attached hydrogens (tertiary/aromatic N) is 1. The van der Waals surface area contributed by atoms with E-state index < -0.39 is 17.5 Å². The van der Waals surface area contributed by atoms with Crippen LogP contribution in [0.3, 0.4) is 0 Å². The van der Waals surface area contributed by atoms with E-state index in [9.17, 15) is 14.4 Å². The molecular formula is C20H21N3O3. The van der Waals surface area contributed by atoms with Crippen LogP contribution < -0.4 is 10.6 Å². The largest absolute Gasteiger partial charge is 0.354 e. The van der Waals surface area contributed by atoms with Gasteiger partial charge in [-0.2, -0.15) is 0 Å². The Morgan fingerprint density at radius 3 is 2.31 bits per heavy atom. The zero-order valence-corrected chi connectivity index (χ0v) is 14.6. The minimum atomic E-state index is -1.15. The molecule has 0 spiro atoms. The predicted octanol–water partition coefficient (Wildman–Crippen LogP) is 1.81. The van der Waals surface area contributed by atoms with E-state index in [1.165, 1.54) is 0 Å². The molecule has 0 aromatic heterocycles. The minimum Gasteiger partial charge on any atom is -0.354 e. The summed E-state index contributed by atoms with van der Waals surface area (Å²) < 4.78 is 0. The van der Waals surface area contributed by atoms with Crippen LogP contribution in [0.15, 0.2) is 60.7 Å². The van der Waals surface area contributed by atoms with Crippen LogP contribution in [0.4, 0.5) is 4.79 Å². The van der Waals surface area contributed by atoms with Crippen molar-refractivity contribution >= 4 is 17.8 Å². The number of imide groups is 1. The average Bonchev–Trinajstić information content (AvgIpc) is 2.87. The molecule has 1 saturated heterocycles. The second-order valence-electron chi connectivity index (χ2n) is 6.40. The van der Waals surface area contributed by atoms with Gasteiger partial charge in [0, 0.05) is 6.54 Å².